The average molecular weight is 495 g/mol. The highest BCUT2D eigenvalue weighted by atomic mass is 16.5. The van der Waals surface area contributed by atoms with Crippen molar-refractivity contribution in [2.75, 3.05) is 0 Å². The number of pyridine rings is 1. The third-order valence-electron chi connectivity index (χ3n) is 6.40. The van der Waals surface area contributed by atoms with E-state index in [0.717, 1.165) is 22.4 Å². The minimum absolute atomic E-state index is 0.0440. The largest absolute Gasteiger partial charge is 0.487 e. The Morgan fingerprint density at radius 3 is 2.81 bits per heavy atom. The fraction of sp³-hybridized carbons (Fsp3) is 0.241. The first kappa shape index (κ1) is 23.0. The fourth-order valence-electron chi connectivity index (χ4n) is 4.49. The Morgan fingerprint density at radius 1 is 1.08 bits per heavy atom. The van der Waals surface area contributed by atoms with Gasteiger partial charge in [-0.1, -0.05) is 17.4 Å². The Balaban J connectivity index is 1.14. The quantitative estimate of drug-likeness (QED) is 0.364. The van der Waals surface area contributed by atoms with Gasteiger partial charge in [-0.05, 0) is 67.4 Å². The Bertz CT molecular complexity index is 1490. The first-order chi connectivity index (χ1) is 17.9. The van der Waals surface area contributed by atoms with Gasteiger partial charge in [-0.25, -0.2) is 4.68 Å². The summed E-state index contributed by atoms with van der Waals surface area (Å²) in [6.45, 7) is 4.89. The first-order valence-electron chi connectivity index (χ1n) is 12.2. The van der Waals surface area contributed by atoms with E-state index in [1.165, 1.54) is 0 Å². The molecule has 0 saturated carbocycles. The van der Waals surface area contributed by atoms with E-state index in [9.17, 15) is 4.79 Å². The van der Waals surface area contributed by atoms with Crippen LogP contribution in [-0.2, 0) is 13.2 Å². The van der Waals surface area contributed by atoms with E-state index in [1.807, 2.05) is 56.5 Å². The van der Waals surface area contributed by atoms with Crippen LogP contribution in [0.3, 0.4) is 0 Å². The van der Waals surface area contributed by atoms with Crippen LogP contribution >= 0.6 is 0 Å². The molecule has 6 rings (SSSR count). The molecular weight excluding hydrogens is 468 g/mol. The molecule has 4 aromatic rings. The summed E-state index contributed by atoms with van der Waals surface area (Å²) in [7, 11) is 0. The molecule has 0 aliphatic carbocycles. The maximum atomic E-state index is 12.9. The number of hydrogen-bond acceptors (Lipinski definition) is 7. The lowest BCUT2D eigenvalue weighted by Crippen LogP contribution is -2.27. The number of benzene rings is 2. The van der Waals surface area contributed by atoms with Crippen LogP contribution < -0.4 is 14.2 Å². The Hall–Kier alpha value is -4.46. The van der Waals surface area contributed by atoms with Crippen molar-refractivity contribution in [1.29, 1.82) is 0 Å². The van der Waals surface area contributed by atoms with Gasteiger partial charge in [0.15, 0.2) is 5.78 Å². The number of nitrogens with zero attached hydrogens (tertiary/aromatic N) is 4. The predicted octanol–water partition coefficient (Wildman–Crippen LogP) is 5.19. The number of ether oxygens (including phenoxy) is 3. The Morgan fingerprint density at radius 2 is 1.95 bits per heavy atom. The maximum absolute atomic E-state index is 12.9. The van der Waals surface area contributed by atoms with Crippen molar-refractivity contribution in [2.45, 2.75) is 45.1 Å². The Labute approximate surface area is 214 Å². The SMILES string of the molecule is CC1(C)C=Cc2cc(C3CC(=O)c4ccc(OCc5cn(Cc6ccncc6)nn5)cc4O3)ccc2O1. The first-order valence-corrected chi connectivity index (χ1v) is 12.2. The molecule has 0 N–H and O–H groups in total. The molecule has 186 valence electrons. The van der Waals surface area contributed by atoms with Crippen LogP contribution in [0.2, 0.25) is 0 Å². The summed E-state index contributed by atoms with van der Waals surface area (Å²) in [5.74, 6) is 1.99. The van der Waals surface area contributed by atoms with Gasteiger partial charge in [-0.2, -0.15) is 0 Å². The third-order valence-corrected chi connectivity index (χ3v) is 6.40. The van der Waals surface area contributed by atoms with Gasteiger partial charge in [0.25, 0.3) is 0 Å². The fourth-order valence-corrected chi connectivity index (χ4v) is 4.49. The van der Waals surface area contributed by atoms with Crippen molar-refractivity contribution in [1.82, 2.24) is 20.0 Å². The van der Waals surface area contributed by atoms with E-state index in [1.54, 1.807) is 35.3 Å². The summed E-state index contributed by atoms with van der Waals surface area (Å²) < 4.78 is 20.0. The van der Waals surface area contributed by atoms with E-state index in [0.29, 0.717) is 29.3 Å². The molecule has 2 aromatic heterocycles. The zero-order chi connectivity index (χ0) is 25.4. The third kappa shape index (κ3) is 4.95. The maximum Gasteiger partial charge on any atom is 0.170 e. The normalized spacial score (nSPS) is 17.4. The van der Waals surface area contributed by atoms with Gasteiger partial charge < -0.3 is 14.2 Å². The van der Waals surface area contributed by atoms with Crippen LogP contribution in [0, 0.1) is 0 Å². The molecule has 8 heteroatoms. The van der Waals surface area contributed by atoms with Gasteiger partial charge in [0.1, 0.15) is 41.3 Å². The number of carbonyl (C=O) groups excluding carboxylic acids is 1. The van der Waals surface area contributed by atoms with Gasteiger partial charge in [0.05, 0.1) is 24.7 Å². The minimum Gasteiger partial charge on any atom is -0.487 e. The van der Waals surface area contributed by atoms with E-state index in [4.69, 9.17) is 14.2 Å². The number of hydrogen-bond donors (Lipinski definition) is 0. The molecule has 0 amide bonds. The van der Waals surface area contributed by atoms with Gasteiger partial charge in [-0.15, -0.1) is 5.10 Å². The predicted molar refractivity (Wildman–Crippen MR) is 137 cm³/mol. The lowest BCUT2D eigenvalue weighted by molar-refractivity contribution is 0.0849. The van der Waals surface area contributed by atoms with Crippen LogP contribution in [0.25, 0.3) is 6.08 Å². The van der Waals surface area contributed by atoms with E-state index < -0.39 is 0 Å². The number of aromatic nitrogens is 4. The van der Waals surface area contributed by atoms with Crippen molar-refractivity contribution >= 4 is 11.9 Å². The second kappa shape index (κ2) is 9.20. The van der Waals surface area contributed by atoms with Crippen LogP contribution in [-0.4, -0.2) is 31.4 Å². The summed E-state index contributed by atoms with van der Waals surface area (Å²) in [4.78, 5) is 16.9. The highest BCUT2D eigenvalue weighted by Gasteiger charge is 2.29. The van der Waals surface area contributed by atoms with Crippen molar-refractivity contribution in [3.05, 3.63) is 101 Å². The smallest absolute Gasteiger partial charge is 0.170 e. The molecule has 0 bridgehead atoms. The summed E-state index contributed by atoms with van der Waals surface area (Å²) in [6.07, 6.45) is 9.34. The van der Waals surface area contributed by atoms with Crippen LogP contribution in [0.1, 0.15) is 59.1 Å². The Kier molecular flexibility index (Phi) is 5.71. The summed E-state index contributed by atoms with van der Waals surface area (Å²) in [5, 5.41) is 8.36. The van der Waals surface area contributed by atoms with Crippen molar-refractivity contribution < 1.29 is 19.0 Å². The van der Waals surface area contributed by atoms with Crippen LogP contribution in [0.4, 0.5) is 0 Å². The molecular formula is C29H26N4O4. The van der Waals surface area contributed by atoms with Gasteiger partial charge >= 0.3 is 0 Å². The summed E-state index contributed by atoms with van der Waals surface area (Å²) >= 11 is 0. The molecule has 0 saturated heterocycles. The lowest BCUT2D eigenvalue weighted by atomic mass is 9.94. The zero-order valence-electron chi connectivity index (χ0n) is 20.6. The monoisotopic (exact) mass is 494 g/mol. The second-order valence-electron chi connectivity index (χ2n) is 9.78. The molecule has 2 aliphatic rings. The van der Waals surface area contributed by atoms with Gasteiger partial charge in [0, 0.05) is 24.0 Å². The van der Waals surface area contributed by atoms with E-state index >= 15 is 0 Å². The van der Waals surface area contributed by atoms with E-state index in [-0.39, 0.29) is 30.5 Å². The number of fused-ring (bicyclic) bond motifs is 2. The highest BCUT2D eigenvalue weighted by Crippen LogP contribution is 2.39. The summed E-state index contributed by atoms with van der Waals surface area (Å²) in [6, 6.07) is 15.1. The zero-order valence-corrected chi connectivity index (χ0v) is 20.6. The molecule has 0 fully saturated rings. The van der Waals surface area contributed by atoms with E-state index in [2.05, 4.69) is 21.4 Å². The van der Waals surface area contributed by atoms with Crippen LogP contribution in [0.15, 0.2) is 73.2 Å². The van der Waals surface area contributed by atoms with Crippen molar-refractivity contribution in [3.63, 3.8) is 0 Å². The molecule has 8 nitrogen and oxygen atoms in total. The molecule has 1 atom stereocenters. The average Bonchev–Trinajstić information content (AvgIpc) is 3.34. The van der Waals surface area contributed by atoms with Crippen LogP contribution in [0.5, 0.6) is 17.2 Å². The molecule has 0 radical (unpaired) electrons. The molecule has 0 spiro atoms. The van der Waals surface area contributed by atoms with Crippen molar-refractivity contribution in [2.24, 2.45) is 0 Å². The van der Waals surface area contributed by atoms with Gasteiger partial charge in [0.2, 0.25) is 0 Å². The second-order valence-corrected chi connectivity index (χ2v) is 9.78. The molecule has 2 aliphatic heterocycles. The number of carbonyl (C=O) groups is 1. The number of ketones is 1. The highest BCUT2D eigenvalue weighted by molar-refractivity contribution is 6.00. The molecule has 2 aromatic carbocycles. The number of rotatable bonds is 6. The molecule has 37 heavy (non-hydrogen) atoms. The molecule has 4 heterocycles. The number of Topliss-reactive ketones (excluding diaryl/α,β-unsaturated/α-hetero) is 1. The van der Waals surface area contributed by atoms with Gasteiger partial charge in [-0.3, -0.25) is 9.78 Å². The topological polar surface area (TPSA) is 88.4 Å². The van der Waals surface area contributed by atoms with Crippen molar-refractivity contribution in [3.8, 4) is 17.2 Å². The molecule has 1 unspecified atom stereocenters. The lowest BCUT2D eigenvalue weighted by Gasteiger charge is -2.30. The standard InChI is InChI=1S/C29H26N4O4/c1-29(2)10-7-21-13-20(3-6-26(21)37-29)27-15-25(34)24-5-4-23(14-28(24)36-27)35-18-22-17-33(32-31-22)16-19-8-11-30-12-9-19/h3-14,17,27H,15-16,18H2,1-2H3. The minimum atomic E-state index is -0.378. The summed E-state index contributed by atoms with van der Waals surface area (Å²) in [5.41, 5.74) is 3.93.